The predicted octanol–water partition coefficient (Wildman–Crippen LogP) is 4.91. The van der Waals surface area contributed by atoms with Crippen LogP contribution in [0.5, 0.6) is 5.75 Å². The Hall–Kier alpha value is -3.20. The number of ether oxygens (including phenoxy) is 1. The second kappa shape index (κ2) is 11.6. The van der Waals surface area contributed by atoms with Crippen molar-refractivity contribution in [3.05, 3.63) is 89.9 Å². The highest BCUT2D eigenvalue weighted by Crippen LogP contribution is 2.31. The van der Waals surface area contributed by atoms with Crippen LogP contribution in [0.25, 0.3) is 0 Å². The maximum absolute atomic E-state index is 12.8. The molecule has 1 amide bonds. The Bertz CT molecular complexity index is 1040. The summed E-state index contributed by atoms with van der Waals surface area (Å²) in [5.74, 6) is 0.558. The molecule has 0 fully saturated rings. The SMILES string of the molecule is O=C(COc1cccc(C(F)(F)F)c1)N[C@@H](Cc1ccccc1)C(=O)CSCc1ccco1. The number of rotatable bonds is 11. The maximum Gasteiger partial charge on any atom is 0.416 e. The predicted molar refractivity (Wildman–Crippen MR) is 119 cm³/mol. The number of Topliss-reactive ketones (excluding diaryl/α,β-unsaturated/α-hetero) is 1. The van der Waals surface area contributed by atoms with Crippen LogP contribution in [0.1, 0.15) is 16.9 Å². The summed E-state index contributed by atoms with van der Waals surface area (Å²) in [6.07, 6.45) is -2.67. The van der Waals surface area contributed by atoms with Crippen LogP contribution in [-0.4, -0.2) is 30.1 Å². The van der Waals surface area contributed by atoms with Crippen LogP contribution in [-0.2, 0) is 27.9 Å². The number of carbonyl (C=O) groups is 2. The van der Waals surface area contributed by atoms with Gasteiger partial charge in [0, 0.05) is 0 Å². The van der Waals surface area contributed by atoms with Gasteiger partial charge in [0.05, 0.1) is 29.4 Å². The van der Waals surface area contributed by atoms with E-state index >= 15 is 0 Å². The third-order valence-corrected chi connectivity index (χ3v) is 5.58. The van der Waals surface area contributed by atoms with Crippen molar-refractivity contribution < 1.29 is 31.9 Å². The molecule has 0 bridgehead atoms. The zero-order chi connectivity index (χ0) is 23.7. The average Bonchev–Trinajstić information content (AvgIpc) is 3.31. The molecular formula is C24H22F3NO4S. The molecule has 174 valence electrons. The second-order valence-electron chi connectivity index (χ2n) is 7.16. The highest BCUT2D eigenvalue weighted by molar-refractivity contribution is 7.99. The third-order valence-electron chi connectivity index (χ3n) is 4.61. The van der Waals surface area contributed by atoms with Crippen LogP contribution >= 0.6 is 11.8 Å². The van der Waals surface area contributed by atoms with E-state index in [-0.39, 0.29) is 23.7 Å². The molecule has 3 aromatic rings. The highest BCUT2D eigenvalue weighted by Gasteiger charge is 2.30. The van der Waals surface area contributed by atoms with Gasteiger partial charge in [-0.05, 0) is 42.3 Å². The molecule has 1 atom stereocenters. The van der Waals surface area contributed by atoms with E-state index in [1.54, 1.807) is 12.3 Å². The summed E-state index contributed by atoms with van der Waals surface area (Å²) in [4.78, 5) is 25.2. The van der Waals surface area contributed by atoms with Gasteiger partial charge in [-0.2, -0.15) is 13.2 Å². The van der Waals surface area contributed by atoms with Crippen molar-refractivity contribution >= 4 is 23.5 Å². The number of hydrogen-bond acceptors (Lipinski definition) is 5. The molecule has 2 aromatic carbocycles. The number of carbonyl (C=O) groups excluding carboxylic acids is 2. The summed E-state index contributed by atoms with van der Waals surface area (Å²) < 4.78 is 49.0. The van der Waals surface area contributed by atoms with Gasteiger partial charge in [-0.1, -0.05) is 36.4 Å². The largest absolute Gasteiger partial charge is 0.484 e. The minimum Gasteiger partial charge on any atom is -0.484 e. The molecule has 0 aliphatic carbocycles. The summed E-state index contributed by atoms with van der Waals surface area (Å²) in [6.45, 7) is -0.514. The first-order chi connectivity index (χ1) is 15.8. The molecule has 0 saturated carbocycles. The molecule has 0 saturated heterocycles. The second-order valence-corrected chi connectivity index (χ2v) is 8.15. The fourth-order valence-corrected chi connectivity index (χ4v) is 3.86. The molecule has 0 aliphatic heterocycles. The summed E-state index contributed by atoms with van der Waals surface area (Å²) in [5.41, 5.74) is -0.00268. The molecular weight excluding hydrogens is 455 g/mol. The zero-order valence-corrected chi connectivity index (χ0v) is 18.3. The summed E-state index contributed by atoms with van der Waals surface area (Å²) in [7, 11) is 0. The first kappa shape index (κ1) is 24.4. The molecule has 0 unspecified atom stereocenters. The van der Waals surface area contributed by atoms with Crippen molar-refractivity contribution in [1.82, 2.24) is 5.32 Å². The number of thioether (sulfide) groups is 1. The quantitative estimate of drug-likeness (QED) is 0.425. The molecule has 1 N–H and O–H groups in total. The fraction of sp³-hybridized carbons (Fsp3) is 0.250. The topological polar surface area (TPSA) is 68.5 Å². The smallest absolute Gasteiger partial charge is 0.416 e. The monoisotopic (exact) mass is 477 g/mol. The first-order valence-electron chi connectivity index (χ1n) is 10.1. The highest BCUT2D eigenvalue weighted by atomic mass is 32.2. The Kier molecular flexibility index (Phi) is 8.59. The maximum atomic E-state index is 12.8. The van der Waals surface area contributed by atoms with Crippen molar-refractivity contribution in [3.63, 3.8) is 0 Å². The Morgan fingerprint density at radius 1 is 1.03 bits per heavy atom. The molecule has 5 nitrogen and oxygen atoms in total. The lowest BCUT2D eigenvalue weighted by atomic mass is 10.0. The Balaban J connectivity index is 1.58. The summed E-state index contributed by atoms with van der Waals surface area (Å²) >= 11 is 1.37. The van der Waals surface area contributed by atoms with E-state index in [2.05, 4.69) is 5.32 Å². The van der Waals surface area contributed by atoms with E-state index in [1.165, 1.54) is 23.9 Å². The van der Waals surface area contributed by atoms with Gasteiger partial charge >= 0.3 is 6.18 Å². The molecule has 3 rings (SSSR count). The number of nitrogens with one attached hydrogen (secondary N) is 1. The lowest BCUT2D eigenvalue weighted by Gasteiger charge is -2.18. The van der Waals surface area contributed by atoms with E-state index in [0.29, 0.717) is 5.75 Å². The molecule has 9 heteroatoms. The van der Waals surface area contributed by atoms with Crippen molar-refractivity contribution in [2.45, 2.75) is 24.4 Å². The molecule has 0 spiro atoms. The van der Waals surface area contributed by atoms with Crippen LogP contribution in [0.4, 0.5) is 13.2 Å². The molecule has 1 aromatic heterocycles. The van der Waals surface area contributed by atoms with Crippen molar-refractivity contribution in [3.8, 4) is 5.75 Å². The van der Waals surface area contributed by atoms with E-state index in [1.807, 2.05) is 36.4 Å². The number of halogens is 3. The van der Waals surface area contributed by atoms with Crippen molar-refractivity contribution in [2.75, 3.05) is 12.4 Å². The van der Waals surface area contributed by atoms with Crippen LogP contribution in [0.15, 0.2) is 77.4 Å². The summed E-state index contributed by atoms with van der Waals surface area (Å²) in [5, 5.41) is 2.65. The van der Waals surface area contributed by atoms with Crippen LogP contribution < -0.4 is 10.1 Å². The lowest BCUT2D eigenvalue weighted by Crippen LogP contribution is -2.45. The van der Waals surface area contributed by atoms with Gasteiger partial charge in [-0.15, -0.1) is 11.8 Å². The van der Waals surface area contributed by atoms with Crippen molar-refractivity contribution in [1.29, 1.82) is 0 Å². The van der Waals surface area contributed by atoms with Gasteiger partial charge in [0.15, 0.2) is 12.4 Å². The number of hydrogen-bond donors (Lipinski definition) is 1. The van der Waals surface area contributed by atoms with Gasteiger partial charge in [-0.25, -0.2) is 0 Å². The normalized spacial score (nSPS) is 12.2. The van der Waals surface area contributed by atoms with Gasteiger partial charge in [0.1, 0.15) is 11.5 Å². The van der Waals surface area contributed by atoms with E-state index in [4.69, 9.17) is 9.15 Å². The standard InChI is InChI=1S/C24H22F3NO4S/c25-24(26,27)18-8-4-9-19(13-18)32-14-23(30)28-21(12-17-6-2-1-3-7-17)22(29)16-33-15-20-10-5-11-31-20/h1-11,13,21H,12,14-16H2,(H,28,30)/t21-/m0/s1. The minimum atomic E-state index is -4.51. The fourth-order valence-electron chi connectivity index (χ4n) is 2.99. The third kappa shape index (κ3) is 8.02. The Morgan fingerprint density at radius 3 is 2.52 bits per heavy atom. The van der Waals surface area contributed by atoms with Crippen LogP contribution in [0.2, 0.25) is 0 Å². The molecule has 0 aliphatic rings. The van der Waals surface area contributed by atoms with Crippen LogP contribution in [0, 0.1) is 0 Å². The number of amides is 1. The van der Waals surface area contributed by atoms with Gasteiger partial charge < -0.3 is 14.5 Å². The van der Waals surface area contributed by atoms with Gasteiger partial charge in [-0.3, -0.25) is 9.59 Å². The molecule has 33 heavy (non-hydrogen) atoms. The summed E-state index contributed by atoms with van der Waals surface area (Å²) in [6, 6.07) is 16.3. The van der Waals surface area contributed by atoms with E-state index in [0.717, 1.165) is 23.5 Å². The lowest BCUT2D eigenvalue weighted by molar-refractivity contribution is -0.137. The van der Waals surface area contributed by atoms with Gasteiger partial charge in [0.25, 0.3) is 5.91 Å². The van der Waals surface area contributed by atoms with E-state index in [9.17, 15) is 22.8 Å². The first-order valence-corrected chi connectivity index (χ1v) is 11.2. The average molecular weight is 478 g/mol. The Morgan fingerprint density at radius 2 is 1.82 bits per heavy atom. The van der Waals surface area contributed by atoms with E-state index < -0.39 is 30.3 Å². The van der Waals surface area contributed by atoms with Crippen molar-refractivity contribution in [2.24, 2.45) is 0 Å². The zero-order valence-electron chi connectivity index (χ0n) is 17.5. The Labute approximate surface area is 193 Å². The van der Waals surface area contributed by atoms with Gasteiger partial charge in [0.2, 0.25) is 0 Å². The molecule has 1 heterocycles. The minimum absolute atomic E-state index is 0.0834. The molecule has 0 radical (unpaired) electrons. The van der Waals surface area contributed by atoms with Crippen LogP contribution in [0.3, 0.4) is 0 Å². The number of ketones is 1. The number of alkyl halides is 3. The number of benzene rings is 2. The number of furan rings is 1.